The van der Waals surface area contributed by atoms with Crippen LogP contribution in [0.15, 0.2) is 298 Å². The summed E-state index contributed by atoms with van der Waals surface area (Å²) in [5, 5.41) is 7.97. The van der Waals surface area contributed by atoms with Crippen molar-refractivity contribution < 1.29 is 75.5 Å². The summed E-state index contributed by atoms with van der Waals surface area (Å²) in [6.45, 7) is 0. The Morgan fingerprint density at radius 1 is 0.229 bits per heavy atom. The third-order valence-electron chi connectivity index (χ3n) is 17.9. The molecule has 21 aromatic rings. The van der Waals surface area contributed by atoms with Gasteiger partial charge in [-0.05, 0) is 107 Å². The second kappa shape index (κ2) is 28.9. The van der Waals surface area contributed by atoms with E-state index in [1.165, 1.54) is 0 Å². The summed E-state index contributed by atoms with van der Waals surface area (Å²) in [6.07, 6.45) is 8.94. The van der Waals surface area contributed by atoms with E-state index in [0.29, 0.717) is 34.5 Å². The van der Waals surface area contributed by atoms with E-state index in [2.05, 4.69) is 135 Å². The molecule has 10 aromatic carbocycles. The van der Waals surface area contributed by atoms with Crippen LogP contribution < -0.4 is 14.2 Å². The van der Waals surface area contributed by atoms with Crippen molar-refractivity contribution in [2.45, 2.75) is 0 Å². The van der Waals surface area contributed by atoms with Gasteiger partial charge >= 0.3 is 61.3 Å². The van der Waals surface area contributed by atoms with Crippen molar-refractivity contribution >= 4 is 115 Å². The van der Waals surface area contributed by atoms with Gasteiger partial charge < -0.3 is 42.4 Å². The summed E-state index contributed by atoms with van der Waals surface area (Å²) in [4.78, 5) is 37.4. The molecule has 105 heavy (non-hydrogen) atoms. The van der Waals surface area contributed by atoms with E-state index in [9.17, 15) is 0 Å². The molecule has 0 fully saturated rings. The van der Waals surface area contributed by atoms with Crippen molar-refractivity contribution in [3.05, 3.63) is 334 Å². The molecule has 0 saturated carbocycles. The Balaban J connectivity index is 0.000000119. The maximum Gasteiger partial charge on any atom is 2.00 e. The topological polar surface area (TPSA) is 144 Å². The van der Waals surface area contributed by atoms with Crippen molar-refractivity contribution in [1.82, 2.24) is 53.1 Å². The van der Waals surface area contributed by atoms with Crippen LogP contribution in [0, 0.1) is 36.4 Å². The zero-order valence-corrected chi connectivity index (χ0v) is 59.5. The summed E-state index contributed by atoms with van der Waals surface area (Å²) >= 11 is 0. The fourth-order valence-corrected chi connectivity index (χ4v) is 13.4. The van der Waals surface area contributed by atoms with Crippen molar-refractivity contribution in [3.8, 4) is 68.3 Å². The molecule has 0 aliphatic heterocycles. The molecule has 0 unspecified atom stereocenters. The average Bonchev–Trinajstić information content (AvgIpc) is 1.62. The molecular weight excluding hydrogens is 1580 g/mol. The molecule has 21 rings (SSSR count). The number of imidazole rings is 3. The van der Waals surface area contributed by atoms with Gasteiger partial charge in [0.15, 0.2) is 0 Å². The van der Waals surface area contributed by atoms with Crippen LogP contribution in [0.2, 0.25) is 0 Å². The molecule has 0 aliphatic rings. The minimum atomic E-state index is 0. The zero-order valence-electron chi connectivity index (χ0n) is 54.9. The van der Waals surface area contributed by atoms with Gasteiger partial charge in [0.05, 0.1) is 61.1 Å². The number of benzene rings is 10. The Hall–Kier alpha value is -12.3. The number of para-hydroxylation sites is 7. The monoisotopic (exact) mass is 1630 g/mol. The normalized spacial score (nSPS) is 11.2. The standard InChI is InChI=1S/C30H17N3O.2C29H16N4O.3Pd/c1-3-13-28-24(10-1)23-16-15-22(19-25(23)30-32-27-12-2-4-14-29(27)33(28)30)34-21-9-7-8-20(18-21)26-11-5-6-17-31-26;1-2-12-27-26(11-1)32-29-24-18-21(13-14-22(24)23-9-6-16-31-28(23)33(27)29)34-20-8-5-7-19(17-20)25-10-3-4-15-30-25;1-2-11-26-25(10-1)32-29-23-18-21(13-14-22(23)28-27(33(26)29)12-6-16-31-28)34-20-8-5-7-19(17-20)24-9-3-4-15-30-24;;;/h1-17H;2*1-16H;;;/q3*-2;3*+2. The average molecular weight is 1630 g/mol. The second-order valence-corrected chi connectivity index (χ2v) is 24.1. The van der Waals surface area contributed by atoms with Gasteiger partial charge in [-0.1, -0.05) is 184 Å². The predicted octanol–water partition coefficient (Wildman–Crippen LogP) is 20.5. The third kappa shape index (κ3) is 12.5. The van der Waals surface area contributed by atoms with E-state index in [0.717, 1.165) is 149 Å². The van der Waals surface area contributed by atoms with Crippen LogP contribution in [0.25, 0.3) is 149 Å². The molecule has 0 atom stereocenters. The smallest absolute Gasteiger partial charge is 0.497 e. The van der Waals surface area contributed by atoms with Crippen LogP contribution >= 0.6 is 0 Å². The van der Waals surface area contributed by atoms with Gasteiger partial charge in [0.2, 0.25) is 0 Å². The first-order valence-electron chi connectivity index (χ1n) is 33.0. The Morgan fingerprint density at radius 2 is 0.581 bits per heavy atom. The Bertz CT molecular complexity index is 6190. The molecule has 17 heteroatoms. The zero-order chi connectivity index (χ0) is 67.5. The first-order valence-corrected chi connectivity index (χ1v) is 33.0. The molecule has 0 radical (unpaired) electrons. The van der Waals surface area contributed by atoms with Gasteiger partial charge in [-0.25, -0.2) is 4.98 Å². The van der Waals surface area contributed by atoms with Crippen molar-refractivity contribution in [2.24, 2.45) is 0 Å². The number of nitrogens with zero attached hydrogens (tertiary/aromatic N) is 11. The van der Waals surface area contributed by atoms with Crippen molar-refractivity contribution in [1.29, 1.82) is 0 Å². The second-order valence-electron chi connectivity index (χ2n) is 24.1. The van der Waals surface area contributed by atoms with Crippen molar-refractivity contribution in [2.75, 3.05) is 0 Å². The van der Waals surface area contributed by atoms with Gasteiger partial charge in [0.25, 0.3) is 0 Å². The summed E-state index contributed by atoms with van der Waals surface area (Å²) < 4.78 is 25.0. The van der Waals surface area contributed by atoms with Gasteiger partial charge in [-0.15, -0.1) is 89.5 Å². The molecule has 0 bridgehead atoms. The number of hydrogen-bond acceptors (Lipinski definition) is 11. The molecule has 0 N–H and O–H groups in total. The fourth-order valence-electron chi connectivity index (χ4n) is 13.4. The minimum Gasteiger partial charge on any atom is -0.497 e. The Labute approximate surface area is 641 Å². The fraction of sp³-hybridized carbons (Fsp3) is 0. The SMILES string of the molecule is [Pd+2].[Pd+2].[Pd+2].[c-]1c(Oc2[c-]c3c(cc2)c2ccccc2n2c4ccccc4nc32)cccc1-c1ccccn1.[c-]1c(Oc2[c-]c3c(cc2)c2cccnc2n2c4ccccc4nc32)cccc1-c1ccccn1.[c-]1c(Oc2[c-]c3c(cc2)c2ncccc2n2c4ccccc4nc32)cccc1-c1ccccn1. The Kier molecular flexibility index (Phi) is 18.5. The summed E-state index contributed by atoms with van der Waals surface area (Å²) in [5.74, 6) is 3.62. The summed E-state index contributed by atoms with van der Waals surface area (Å²) in [7, 11) is 0. The number of rotatable bonds is 9. The van der Waals surface area contributed by atoms with Crippen LogP contribution in [0.1, 0.15) is 0 Å². The number of fused-ring (bicyclic) bond motifs is 24. The molecule has 14 nitrogen and oxygen atoms in total. The minimum absolute atomic E-state index is 0. The van der Waals surface area contributed by atoms with Crippen molar-refractivity contribution in [3.63, 3.8) is 0 Å². The van der Waals surface area contributed by atoms with Crippen LogP contribution in [-0.2, 0) is 61.3 Å². The number of aromatic nitrogens is 11. The number of ether oxygens (including phenoxy) is 3. The van der Waals surface area contributed by atoms with E-state index < -0.39 is 0 Å². The first-order chi connectivity index (χ1) is 50.5. The van der Waals surface area contributed by atoms with E-state index in [1.807, 2.05) is 219 Å². The third-order valence-corrected chi connectivity index (χ3v) is 17.9. The molecule has 0 spiro atoms. The quantitative estimate of drug-likeness (QED) is 0.0774. The Morgan fingerprint density at radius 3 is 1.07 bits per heavy atom. The van der Waals surface area contributed by atoms with Crippen LogP contribution in [-0.4, -0.2) is 53.1 Å². The molecule has 0 saturated heterocycles. The van der Waals surface area contributed by atoms with E-state index in [4.69, 9.17) is 29.2 Å². The first kappa shape index (κ1) is 67.2. The van der Waals surface area contributed by atoms with Gasteiger partial charge in [0, 0.05) is 71.0 Å². The van der Waals surface area contributed by atoms with Crippen LogP contribution in [0.3, 0.4) is 0 Å². The van der Waals surface area contributed by atoms with E-state index >= 15 is 0 Å². The summed E-state index contributed by atoms with van der Waals surface area (Å²) in [6, 6.07) is 108. The predicted molar refractivity (Wildman–Crippen MR) is 401 cm³/mol. The van der Waals surface area contributed by atoms with E-state index in [-0.39, 0.29) is 61.3 Å². The largest absolute Gasteiger partial charge is 2.00 e. The number of pyridine rings is 8. The maximum atomic E-state index is 6.21. The molecule has 0 aliphatic carbocycles. The van der Waals surface area contributed by atoms with Gasteiger partial charge in [-0.2, -0.15) is 0 Å². The van der Waals surface area contributed by atoms with Crippen LogP contribution in [0.5, 0.6) is 34.5 Å². The molecule has 11 aromatic heterocycles. The number of hydrogen-bond donors (Lipinski definition) is 0. The molecule has 504 valence electrons. The molecule has 0 amide bonds. The van der Waals surface area contributed by atoms with Gasteiger partial charge in [-0.3, -0.25) is 19.9 Å². The summed E-state index contributed by atoms with van der Waals surface area (Å²) in [5.41, 5.74) is 17.5. The molecular formula is C88H49N11O3Pd3. The van der Waals surface area contributed by atoms with E-state index in [1.54, 1.807) is 18.6 Å². The van der Waals surface area contributed by atoms with Gasteiger partial charge in [0.1, 0.15) is 5.65 Å². The molecule has 11 heterocycles. The maximum absolute atomic E-state index is 6.21. The van der Waals surface area contributed by atoms with Crippen LogP contribution in [0.4, 0.5) is 0 Å².